The summed E-state index contributed by atoms with van der Waals surface area (Å²) in [5, 5.41) is 14.8. The molecule has 33 heavy (non-hydrogen) atoms. The van der Waals surface area contributed by atoms with Crippen LogP contribution in [0.15, 0.2) is 18.2 Å². The predicted octanol–water partition coefficient (Wildman–Crippen LogP) is 2.68. The van der Waals surface area contributed by atoms with Crippen molar-refractivity contribution in [1.29, 1.82) is 0 Å². The number of hydrogen-bond donors (Lipinski definition) is 2. The molecule has 5 rings (SSSR count). The van der Waals surface area contributed by atoms with Gasteiger partial charge in [0.05, 0.1) is 30.7 Å². The van der Waals surface area contributed by atoms with Gasteiger partial charge >= 0.3 is 6.03 Å². The number of likely N-dealkylation sites (tertiary alicyclic amines) is 1. The molecule has 1 spiro atoms. The topological polar surface area (TPSA) is 87.0 Å². The van der Waals surface area contributed by atoms with Gasteiger partial charge in [-0.3, -0.25) is 4.79 Å². The molecule has 3 aliphatic rings. The summed E-state index contributed by atoms with van der Waals surface area (Å²) in [6.07, 6.45) is 4.77. The van der Waals surface area contributed by atoms with Crippen molar-refractivity contribution in [3.63, 3.8) is 0 Å². The minimum atomic E-state index is -0.439. The van der Waals surface area contributed by atoms with Crippen molar-refractivity contribution in [3.05, 3.63) is 29.5 Å². The van der Waals surface area contributed by atoms with Crippen LogP contribution in [0.3, 0.4) is 0 Å². The number of fused-ring (bicyclic) bond motifs is 4. The molecule has 1 saturated heterocycles. The highest BCUT2D eigenvalue weighted by atomic mass is 16.5. The van der Waals surface area contributed by atoms with Gasteiger partial charge < -0.3 is 29.5 Å². The molecule has 0 unspecified atom stereocenters. The van der Waals surface area contributed by atoms with Crippen LogP contribution in [0, 0.1) is 0 Å². The number of rotatable bonds is 4. The first-order chi connectivity index (χ1) is 15.9. The zero-order valence-electron chi connectivity index (χ0n) is 19.8. The fraction of sp³-hybridized carbons (Fsp3) is 0.600. The molecule has 3 heterocycles. The number of aromatic nitrogens is 1. The van der Waals surface area contributed by atoms with E-state index in [1.165, 1.54) is 0 Å². The van der Waals surface area contributed by atoms with E-state index in [-0.39, 0.29) is 30.0 Å². The maximum absolute atomic E-state index is 13.5. The second kappa shape index (κ2) is 8.24. The van der Waals surface area contributed by atoms with Gasteiger partial charge in [0.25, 0.3) is 0 Å². The lowest BCUT2D eigenvalue weighted by molar-refractivity contribution is -0.139. The molecule has 1 aromatic heterocycles. The maximum atomic E-state index is 13.5. The van der Waals surface area contributed by atoms with Crippen molar-refractivity contribution in [3.8, 4) is 5.75 Å². The molecule has 2 N–H and O–H groups in total. The summed E-state index contributed by atoms with van der Waals surface area (Å²) in [4.78, 5) is 29.6. The number of hydrogen-bond acceptors (Lipinski definition) is 4. The molecule has 178 valence electrons. The molecule has 0 radical (unpaired) electrons. The number of amides is 3. The number of ether oxygens (including phenoxy) is 1. The highest BCUT2D eigenvalue weighted by Gasteiger charge is 2.55. The number of carbonyl (C=O) groups excluding carboxylic acids is 2. The Morgan fingerprint density at radius 1 is 1.21 bits per heavy atom. The molecule has 2 aromatic rings. The molecular weight excluding hydrogens is 420 g/mol. The van der Waals surface area contributed by atoms with Crippen molar-refractivity contribution < 1.29 is 19.4 Å². The number of urea groups is 1. The first-order valence-corrected chi connectivity index (χ1v) is 12.0. The average molecular weight is 455 g/mol. The van der Waals surface area contributed by atoms with Gasteiger partial charge in [-0.15, -0.1) is 0 Å². The predicted molar refractivity (Wildman–Crippen MR) is 125 cm³/mol. The van der Waals surface area contributed by atoms with Gasteiger partial charge in [0.1, 0.15) is 5.75 Å². The average Bonchev–Trinajstić information content (AvgIpc) is 3.42. The summed E-state index contributed by atoms with van der Waals surface area (Å²) in [6.45, 7) is 3.39. The van der Waals surface area contributed by atoms with Gasteiger partial charge in [0, 0.05) is 56.3 Å². The van der Waals surface area contributed by atoms with Crippen LogP contribution >= 0.6 is 0 Å². The minimum absolute atomic E-state index is 0.117. The molecule has 3 amide bonds. The van der Waals surface area contributed by atoms with Crippen molar-refractivity contribution in [2.24, 2.45) is 7.05 Å². The molecule has 0 bridgehead atoms. The standard InChI is InChI=1S/C25H34N4O4/c1-4-21(31)28-13-25(14-28)15-29(24(32)26-16-7-5-6-8-16)20(12-30)23-22(25)18-10-9-17(33-3)11-19(18)27(23)2/h9-11,16,20,30H,4-8,12-15H2,1-3H3,(H,26,32)/t20-/m0/s1. The Bertz CT molecular complexity index is 1080. The van der Waals surface area contributed by atoms with E-state index in [4.69, 9.17) is 4.74 Å². The van der Waals surface area contributed by atoms with Crippen molar-refractivity contribution in [1.82, 2.24) is 19.7 Å². The van der Waals surface area contributed by atoms with E-state index in [1.807, 2.05) is 35.9 Å². The Kier molecular flexibility index (Phi) is 5.51. The van der Waals surface area contributed by atoms with E-state index in [0.717, 1.165) is 53.6 Å². The number of aliphatic hydroxyl groups excluding tert-OH is 1. The Labute approximate surface area is 194 Å². The normalized spacial score (nSPS) is 21.9. The number of aliphatic hydroxyl groups is 1. The first-order valence-electron chi connectivity index (χ1n) is 12.0. The number of methoxy groups -OCH3 is 1. The Morgan fingerprint density at radius 3 is 2.58 bits per heavy atom. The van der Waals surface area contributed by atoms with Crippen LogP contribution in [0.5, 0.6) is 5.75 Å². The SMILES string of the molecule is CCC(=O)N1CC2(C1)CN(C(=O)NC1CCCC1)[C@@H](CO)c1c2c2ccc(OC)cc2n1C. The number of aryl methyl sites for hydroxylation is 1. The molecule has 8 heteroatoms. The second-order valence-corrected chi connectivity index (χ2v) is 9.84. The summed E-state index contributed by atoms with van der Waals surface area (Å²) in [5.74, 6) is 0.901. The van der Waals surface area contributed by atoms with Gasteiger partial charge in [-0.25, -0.2) is 4.79 Å². The monoisotopic (exact) mass is 454 g/mol. The zero-order chi connectivity index (χ0) is 23.3. The third-order valence-corrected chi connectivity index (χ3v) is 7.91. The van der Waals surface area contributed by atoms with Crippen LogP contribution in [-0.2, 0) is 17.3 Å². The molecule has 8 nitrogen and oxygen atoms in total. The third kappa shape index (κ3) is 3.38. The van der Waals surface area contributed by atoms with E-state index in [9.17, 15) is 14.7 Å². The van der Waals surface area contributed by atoms with E-state index in [2.05, 4.69) is 16.0 Å². The Hall–Kier alpha value is -2.74. The summed E-state index contributed by atoms with van der Waals surface area (Å²) in [5.41, 5.74) is 2.78. The van der Waals surface area contributed by atoms with Gasteiger partial charge in [-0.2, -0.15) is 0 Å². The van der Waals surface area contributed by atoms with Crippen LogP contribution in [0.4, 0.5) is 4.79 Å². The van der Waals surface area contributed by atoms with Crippen LogP contribution in [0.1, 0.15) is 56.3 Å². The van der Waals surface area contributed by atoms with Gasteiger partial charge in [0.15, 0.2) is 0 Å². The lowest BCUT2D eigenvalue weighted by Crippen LogP contribution is -2.68. The van der Waals surface area contributed by atoms with E-state index < -0.39 is 6.04 Å². The largest absolute Gasteiger partial charge is 0.497 e. The lowest BCUT2D eigenvalue weighted by Gasteiger charge is -2.56. The van der Waals surface area contributed by atoms with E-state index >= 15 is 0 Å². The number of nitrogens with one attached hydrogen (secondary N) is 1. The number of nitrogens with zero attached hydrogens (tertiary/aromatic N) is 3. The molecule has 1 aromatic carbocycles. The molecule has 2 fully saturated rings. The summed E-state index contributed by atoms with van der Waals surface area (Å²) in [7, 11) is 3.64. The molecular formula is C25H34N4O4. The summed E-state index contributed by atoms with van der Waals surface area (Å²) in [6, 6.07) is 5.68. The van der Waals surface area contributed by atoms with Crippen molar-refractivity contribution in [2.45, 2.75) is 56.5 Å². The van der Waals surface area contributed by atoms with Gasteiger partial charge in [-0.05, 0) is 30.5 Å². The van der Waals surface area contributed by atoms with E-state index in [1.54, 1.807) is 7.11 Å². The molecule has 1 atom stereocenters. The van der Waals surface area contributed by atoms with Crippen LogP contribution in [0.25, 0.3) is 10.9 Å². The molecule has 2 aliphatic heterocycles. The zero-order valence-corrected chi connectivity index (χ0v) is 19.8. The molecule has 1 saturated carbocycles. The fourth-order valence-electron chi connectivity index (χ4n) is 6.24. The highest BCUT2D eigenvalue weighted by molar-refractivity contribution is 5.90. The highest BCUT2D eigenvalue weighted by Crippen LogP contribution is 2.49. The maximum Gasteiger partial charge on any atom is 0.318 e. The first kappa shape index (κ1) is 22.1. The third-order valence-electron chi connectivity index (χ3n) is 7.91. The van der Waals surface area contributed by atoms with Gasteiger partial charge in [0.2, 0.25) is 5.91 Å². The number of carbonyl (C=O) groups is 2. The fourth-order valence-corrected chi connectivity index (χ4v) is 6.24. The smallest absolute Gasteiger partial charge is 0.318 e. The number of benzene rings is 1. The minimum Gasteiger partial charge on any atom is -0.497 e. The van der Waals surface area contributed by atoms with Crippen LogP contribution < -0.4 is 10.1 Å². The second-order valence-electron chi connectivity index (χ2n) is 9.84. The lowest BCUT2D eigenvalue weighted by atomic mass is 9.68. The quantitative estimate of drug-likeness (QED) is 0.744. The van der Waals surface area contributed by atoms with Crippen LogP contribution in [-0.4, -0.2) is 70.8 Å². The van der Waals surface area contributed by atoms with E-state index in [0.29, 0.717) is 26.1 Å². The van der Waals surface area contributed by atoms with Crippen molar-refractivity contribution in [2.75, 3.05) is 33.4 Å². The van der Waals surface area contributed by atoms with Gasteiger partial charge in [-0.1, -0.05) is 19.8 Å². The van der Waals surface area contributed by atoms with Crippen molar-refractivity contribution >= 4 is 22.8 Å². The molecule has 1 aliphatic carbocycles. The Morgan fingerprint density at radius 2 is 1.94 bits per heavy atom. The summed E-state index contributed by atoms with van der Waals surface area (Å²) >= 11 is 0. The van der Waals surface area contributed by atoms with Crippen LogP contribution in [0.2, 0.25) is 0 Å². The Balaban J connectivity index is 1.60. The summed E-state index contributed by atoms with van der Waals surface area (Å²) < 4.78 is 7.55.